The molecule has 0 radical (unpaired) electrons. The Kier molecular flexibility index (Phi) is 26.7. The van der Waals surface area contributed by atoms with E-state index in [1.165, 1.54) is 63.8 Å². The normalized spacial score (nSPS) is 11.4. The molecule has 0 aliphatic carbocycles. The van der Waals surface area contributed by atoms with Crippen LogP contribution in [0.3, 0.4) is 0 Å². The molecule has 0 atom stereocenters. The van der Waals surface area contributed by atoms with Gasteiger partial charge in [-0.15, -0.1) is 0 Å². The zero-order valence-electron chi connectivity index (χ0n) is 33.1. The van der Waals surface area contributed by atoms with Gasteiger partial charge >= 0.3 is 11.9 Å². The molecule has 0 fully saturated rings. The zero-order valence-corrected chi connectivity index (χ0v) is 33.9. The Morgan fingerprint density at radius 2 is 1.11 bits per heavy atom. The SMILES string of the molecule is O=C(O)CCCCCCCCCCCCCCCc1ccc(S(=O)(=O)Nc2ncc(C(=O)NCCOCCOCC(=O)CCCOCCOCC(=O)O)cn2)cc1. The van der Waals surface area contributed by atoms with E-state index in [1.807, 2.05) is 12.1 Å². The van der Waals surface area contributed by atoms with Gasteiger partial charge in [0.1, 0.15) is 13.2 Å². The number of carboxylic acid groups (broad SMARTS) is 2. The first-order valence-electron chi connectivity index (χ1n) is 20.0. The van der Waals surface area contributed by atoms with Gasteiger partial charge in [0.2, 0.25) is 5.95 Å². The molecule has 1 amide bonds. The number of carbonyl (C=O) groups is 4. The average Bonchev–Trinajstić information content (AvgIpc) is 3.18. The lowest BCUT2D eigenvalue weighted by Crippen LogP contribution is -2.28. The maximum absolute atomic E-state index is 12.9. The summed E-state index contributed by atoms with van der Waals surface area (Å²) in [7, 11) is -3.92. The van der Waals surface area contributed by atoms with Crippen molar-refractivity contribution >= 4 is 39.6 Å². The quantitative estimate of drug-likeness (QED) is 0.0609. The molecular formula is C40H62N4O12S. The Labute approximate surface area is 336 Å². The van der Waals surface area contributed by atoms with E-state index in [1.54, 1.807) is 12.1 Å². The molecule has 0 unspecified atom stereocenters. The van der Waals surface area contributed by atoms with Crippen molar-refractivity contribution in [3.8, 4) is 0 Å². The summed E-state index contributed by atoms with van der Waals surface area (Å²) in [6, 6.07) is 6.78. The number of aryl methyl sites for hydroxylation is 1. The van der Waals surface area contributed by atoms with Gasteiger partial charge in [-0.3, -0.25) is 14.4 Å². The zero-order chi connectivity index (χ0) is 41.4. The van der Waals surface area contributed by atoms with Gasteiger partial charge in [0.05, 0.1) is 43.5 Å². The van der Waals surface area contributed by atoms with E-state index in [-0.39, 0.29) is 81.4 Å². The van der Waals surface area contributed by atoms with Crippen molar-refractivity contribution in [2.24, 2.45) is 0 Å². The summed E-state index contributed by atoms with van der Waals surface area (Å²) >= 11 is 0. The highest BCUT2D eigenvalue weighted by Crippen LogP contribution is 2.17. The minimum Gasteiger partial charge on any atom is -0.481 e. The van der Waals surface area contributed by atoms with Crippen molar-refractivity contribution < 1.29 is 56.8 Å². The first-order valence-corrected chi connectivity index (χ1v) is 21.5. The predicted octanol–water partition coefficient (Wildman–Crippen LogP) is 5.60. The second-order valence-corrected chi connectivity index (χ2v) is 15.3. The van der Waals surface area contributed by atoms with Crippen LogP contribution in [-0.4, -0.2) is 112 Å². The van der Waals surface area contributed by atoms with E-state index < -0.39 is 27.9 Å². The number of carbonyl (C=O) groups excluding carboxylic acids is 2. The predicted molar refractivity (Wildman–Crippen MR) is 213 cm³/mol. The second-order valence-electron chi connectivity index (χ2n) is 13.7. The van der Waals surface area contributed by atoms with Crippen LogP contribution in [0.2, 0.25) is 0 Å². The number of rotatable bonds is 37. The molecule has 57 heavy (non-hydrogen) atoms. The van der Waals surface area contributed by atoms with Gasteiger partial charge in [-0.05, 0) is 43.4 Å². The van der Waals surface area contributed by atoms with Gasteiger partial charge in [0, 0.05) is 38.4 Å². The third-order valence-electron chi connectivity index (χ3n) is 8.74. The molecule has 16 nitrogen and oxygen atoms in total. The monoisotopic (exact) mass is 822 g/mol. The number of Topliss-reactive ketones (excluding diaryl/α,β-unsaturated/α-hetero) is 1. The summed E-state index contributed by atoms with van der Waals surface area (Å²) in [5.74, 6) is -2.43. The molecule has 2 aromatic rings. The molecule has 320 valence electrons. The number of amides is 1. The van der Waals surface area contributed by atoms with Crippen molar-refractivity contribution in [3.05, 3.63) is 47.8 Å². The number of carboxylic acids is 2. The molecule has 0 saturated heterocycles. The van der Waals surface area contributed by atoms with Gasteiger partial charge in [-0.25, -0.2) is 27.9 Å². The van der Waals surface area contributed by atoms with Gasteiger partial charge in [-0.1, -0.05) is 82.8 Å². The Morgan fingerprint density at radius 3 is 1.68 bits per heavy atom. The molecular weight excluding hydrogens is 761 g/mol. The van der Waals surface area contributed by atoms with Gasteiger partial charge in [0.15, 0.2) is 5.78 Å². The van der Waals surface area contributed by atoms with E-state index in [0.29, 0.717) is 19.4 Å². The van der Waals surface area contributed by atoms with E-state index in [9.17, 15) is 27.6 Å². The number of aliphatic carboxylic acids is 2. The number of nitrogens with zero attached hydrogens (tertiary/aromatic N) is 2. The number of unbranched alkanes of at least 4 members (excludes halogenated alkanes) is 12. The molecule has 0 saturated carbocycles. The van der Waals surface area contributed by atoms with Crippen molar-refractivity contribution in [2.45, 2.75) is 114 Å². The fourth-order valence-corrected chi connectivity index (χ4v) is 6.59. The molecule has 0 aliphatic rings. The number of sulfonamides is 1. The second kappa shape index (κ2) is 31.0. The highest BCUT2D eigenvalue weighted by molar-refractivity contribution is 7.92. The molecule has 1 aromatic carbocycles. The van der Waals surface area contributed by atoms with E-state index in [0.717, 1.165) is 44.1 Å². The summed E-state index contributed by atoms with van der Waals surface area (Å²) in [6.07, 6.45) is 19.4. The van der Waals surface area contributed by atoms with Crippen molar-refractivity contribution in [3.63, 3.8) is 0 Å². The molecule has 4 N–H and O–H groups in total. The van der Waals surface area contributed by atoms with Gasteiger partial charge in [-0.2, -0.15) is 0 Å². The van der Waals surface area contributed by atoms with Crippen LogP contribution < -0.4 is 10.0 Å². The number of ketones is 1. The summed E-state index contributed by atoms with van der Waals surface area (Å²) in [5.41, 5.74) is 1.22. The van der Waals surface area contributed by atoms with Crippen LogP contribution in [-0.2, 0) is 49.8 Å². The molecule has 1 heterocycles. The minimum atomic E-state index is -3.92. The first kappa shape index (κ1) is 49.1. The van der Waals surface area contributed by atoms with Crippen LogP contribution in [0.5, 0.6) is 0 Å². The summed E-state index contributed by atoms with van der Waals surface area (Å²) in [6.45, 7) is 1.20. The standard InChI is InChI=1S/C40H62N4O12S/c45-35(16-14-23-53-25-28-56-32-38(48)49)31-55-27-26-54-24-22-41-39(50)34-29-42-40(43-30-34)44-57(51,52)36-20-18-33(19-21-36)15-12-10-8-6-4-2-1-3-5-7-9-11-13-17-37(46)47/h18-21,29-30H,1-17,22-28,31-32H2,(H,41,50)(H,46,47)(H,48,49)(H,42,43,44). The Morgan fingerprint density at radius 1 is 0.579 bits per heavy atom. The molecule has 1 aromatic heterocycles. The van der Waals surface area contributed by atoms with E-state index >= 15 is 0 Å². The number of ether oxygens (including phenoxy) is 4. The molecule has 0 spiro atoms. The van der Waals surface area contributed by atoms with Gasteiger partial charge in [0.25, 0.3) is 15.9 Å². The van der Waals surface area contributed by atoms with Crippen molar-refractivity contribution in [1.82, 2.24) is 15.3 Å². The average molecular weight is 823 g/mol. The Hall–Kier alpha value is -4.03. The third-order valence-corrected chi connectivity index (χ3v) is 10.1. The van der Waals surface area contributed by atoms with Crippen molar-refractivity contribution in [2.75, 3.05) is 64.1 Å². The maximum Gasteiger partial charge on any atom is 0.329 e. The van der Waals surface area contributed by atoms with E-state index in [4.69, 9.17) is 29.2 Å². The van der Waals surface area contributed by atoms with Gasteiger partial charge < -0.3 is 34.5 Å². The molecule has 17 heteroatoms. The maximum atomic E-state index is 12.9. The lowest BCUT2D eigenvalue weighted by molar-refractivity contribution is -0.143. The van der Waals surface area contributed by atoms with Crippen LogP contribution in [0.1, 0.15) is 119 Å². The molecule has 0 aliphatic heterocycles. The largest absolute Gasteiger partial charge is 0.481 e. The van der Waals surface area contributed by atoms with Crippen LogP contribution in [0.15, 0.2) is 41.6 Å². The van der Waals surface area contributed by atoms with Crippen LogP contribution in [0.4, 0.5) is 5.95 Å². The molecule has 2 rings (SSSR count). The number of nitrogens with one attached hydrogen (secondary N) is 2. The highest BCUT2D eigenvalue weighted by atomic mass is 32.2. The number of hydrogen-bond acceptors (Lipinski definition) is 12. The number of hydrogen-bond donors (Lipinski definition) is 4. The summed E-state index contributed by atoms with van der Waals surface area (Å²) < 4.78 is 49.0. The number of anilines is 1. The lowest BCUT2D eigenvalue weighted by atomic mass is 10.0. The summed E-state index contributed by atoms with van der Waals surface area (Å²) in [4.78, 5) is 53.2. The fourth-order valence-electron chi connectivity index (χ4n) is 5.63. The molecule has 0 bridgehead atoms. The lowest BCUT2D eigenvalue weighted by Gasteiger charge is -2.09. The number of aromatic nitrogens is 2. The van der Waals surface area contributed by atoms with Crippen LogP contribution in [0, 0.1) is 0 Å². The smallest absolute Gasteiger partial charge is 0.329 e. The topological polar surface area (TPSA) is 230 Å². The van der Waals surface area contributed by atoms with Crippen LogP contribution in [0.25, 0.3) is 0 Å². The first-order chi connectivity index (χ1) is 27.6. The Balaban J connectivity index is 1.50. The number of benzene rings is 1. The minimum absolute atomic E-state index is 0.0493. The highest BCUT2D eigenvalue weighted by Gasteiger charge is 2.16. The Bertz CT molecular complexity index is 1530. The van der Waals surface area contributed by atoms with Crippen LogP contribution >= 0.6 is 0 Å². The summed E-state index contributed by atoms with van der Waals surface area (Å²) in [5, 5.41) is 19.8. The third kappa shape index (κ3) is 25.8. The van der Waals surface area contributed by atoms with Crippen molar-refractivity contribution in [1.29, 1.82) is 0 Å². The fraction of sp³-hybridized carbons (Fsp3) is 0.650. The van der Waals surface area contributed by atoms with E-state index in [2.05, 4.69) is 20.0 Å².